The van der Waals surface area contributed by atoms with Crippen LogP contribution in [-0.4, -0.2) is 50.3 Å². The highest BCUT2D eigenvalue weighted by molar-refractivity contribution is 6.31. The number of ether oxygens (including phenoxy) is 1. The Hall–Kier alpha value is -4.04. The first-order chi connectivity index (χ1) is 18.5. The van der Waals surface area contributed by atoms with E-state index in [0.717, 1.165) is 5.69 Å². The Kier molecular flexibility index (Phi) is 6.76. The zero-order valence-electron chi connectivity index (χ0n) is 21.0. The molecular weight excluding hydrogens is 535 g/mol. The first-order valence-electron chi connectivity index (χ1n) is 12.2. The lowest BCUT2D eigenvalue weighted by molar-refractivity contribution is -0.274. The zero-order valence-corrected chi connectivity index (χ0v) is 21.8. The number of rotatable bonds is 4. The van der Waals surface area contributed by atoms with Gasteiger partial charge in [-0.05, 0) is 49.7 Å². The van der Waals surface area contributed by atoms with Crippen LogP contribution in [0.3, 0.4) is 0 Å². The molecule has 0 saturated heterocycles. The molecule has 2 aliphatic heterocycles. The maximum Gasteiger partial charge on any atom is 0.573 e. The van der Waals surface area contributed by atoms with E-state index in [9.17, 15) is 28.0 Å². The molecule has 1 aromatic heterocycles. The van der Waals surface area contributed by atoms with Crippen molar-refractivity contribution in [2.45, 2.75) is 51.8 Å². The monoisotopic (exact) mass is 557 g/mol. The quantitative estimate of drug-likeness (QED) is 0.444. The average molecular weight is 558 g/mol. The molecule has 0 spiro atoms. The second-order valence-corrected chi connectivity index (χ2v) is 9.99. The van der Waals surface area contributed by atoms with Gasteiger partial charge >= 0.3 is 6.36 Å². The maximum atomic E-state index is 13.7. The summed E-state index contributed by atoms with van der Waals surface area (Å²) < 4.78 is 43.2. The fourth-order valence-corrected chi connectivity index (χ4v) is 5.28. The molecule has 2 aliphatic rings. The van der Waals surface area contributed by atoms with Gasteiger partial charge in [-0.15, -0.1) is 13.2 Å². The van der Waals surface area contributed by atoms with Crippen LogP contribution >= 0.6 is 11.6 Å². The first kappa shape index (κ1) is 26.6. The summed E-state index contributed by atoms with van der Waals surface area (Å²) in [6.07, 6.45) is -4.32. The number of hydrogen-bond acceptors (Lipinski definition) is 5. The van der Waals surface area contributed by atoms with E-state index in [0.29, 0.717) is 41.9 Å². The molecule has 8 nitrogen and oxygen atoms in total. The number of alkyl halides is 3. The van der Waals surface area contributed by atoms with Gasteiger partial charge < -0.3 is 14.5 Å². The Morgan fingerprint density at radius 3 is 2.59 bits per heavy atom. The molecule has 3 aromatic rings. The van der Waals surface area contributed by atoms with E-state index in [1.54, 1.807) is 27.5 Å². The van der Waals surface area contributed by atoms with Gasteiger partial charge in [0, 0.05) is 30.1 Å². The van der Waals surface area contributed by atoms with Gasteiger partial charge in [0.1, 0.15) is 17.5 Å². The van der Waals surface area contributed by atoms with Gasteiger partial charge in [-0.25, -0.2) is 0 Å². The molecule has 2 atom stereocenters. The number of carbonyl (C=O) groups excluding carboxylic acids is 2. The van der Waals surface area contributed by atoms with Crippen LogP contribution < -0.4 is 4.74 Å². The predicted molar refractivity (Wildman–Crippen MR) is 134 cm³/mol. The second kappa shape index (κ2) is 9.93. The van der Waals surface area contributed by atoms with E-state index >= 15 is 0 Å². The molecular formula is C27H23ClF3N5O3. The van der Waals surface area contributed by atoms with Crippen molar-refractivity contribution in [3.63, 3.8) is 0 Å². The summed E-state index contributed by atoms with van der Waals surface area (Å²) in [5, 5.41) is 14.2. The van der Waals surface area contributed by atoms with Crippen molar-refractivity contribution in [1.82, 2.24) is 19.6 Å². The summed E-state index contributed by atoms with van der Waals surface area (Å²) in [4.78, 5) is 30.4. The number of hydrogen-bond donors (Lipinski definition) is 0. The largest absolute Gasteiger partial charge is 0.573 e. The van der Waals surface area contributed by atoms with Crippen LogP contribution in [0.15, 0.2) is 42.5 Å². The minimum absolute atomic E-state index is 0.173. The Morgan fingerprint density at radius 2 is 1.92 bits per heavy atom. The Labute approximate surface area is 227 Å². The smallest absolute Gasteiger partial charge is 0.406 e. The Bertz CT molecular complexity index is 1500. The molecule has 39 heavy (non-hydrogen) atoms. The van der Waals surface area contributed by atoms with Gasteiger partial charge in [0.15, 0.2) is 0 Å². The van der Waals surface area contributed by atoms with E-state index in [-0.39, 0.29) is 40.7 Å². The van der Waals surface area contributed by atoms with Crippen molar-refractivity contribution in [2.75, 3.05) is 6.54 Å². The molecule has 0 saturated carbocycles. The Morgan fingerprint density at radius 1 is 1.21 bits per heavy atom. The predicted octanol–water partition coefficient (Wildman–Crippen LogP) is 5.11. The molecule has 0 N–H and O–H groups in total. The summed E-state index contributed by atoms with van der Waals surface area (Å²) in [6, 6.07) is 11.4. The number of halogens is 4. The lowest BCUT2D eigenvalue weighted by Gasteiger charge is -2.35. The summed E-state index contributed by atoms with van der Waals surface area (Å²) in [6.45, 7) is 4.70. The standard InChI is InChI=1S/C27H23ClF3N5O3/c1-15-11-23-21(14-35(15)25(37)18-5-8-22(28)19(12-18)13-32)24-26(38)34(9-10-36(24)33-23)16(2)17-3-6-20(7-4-17)39-27(29,30)31/h3-8,12,15-16H,9-11,14H2,1-2H3/t15-,16+/m1/s1. The van der Waals surface area contributed by atoms with E-state index in [1.165, 1.54) is 36.4 Å². The summed E-state index contributed by atoms with van der Waals surface area (Å²) >= 11 is 6.03. The van der Waals surface area contributed by atoms with Crippen molar-refractivity contribution in [3.05, 3.63) is 81.1 Å². The SMILES string of the molecule is C[C@@H]1Cc2nn3c(c2CN1C(=O)c1ccc(Cl)c(C#N)c1)C(=O)N([C@@H](C)c1ccc(OC(F)(F)F)cc1)CC3. The van der Waals surface area contributed by atoms with E-state index < -0.39 is 12.4 Å². The van der Waals surface area contributed by atoms with Gasteiger partial charge in [0.25, 0.3) is 11.8 Å². The number of nitriles is 1. The number of nitrogens with zero attached hydrogens (tertiary/aromatic N) is 5. The third kappa shape index (κ3) is 5.04. The van der Waals surface area contributed by atoms with E-state index in [1.807, 2.05) is 13.0 Å². The highest BCUT2D eigenvalue weighted by atomic mass is 35.5. The van der Waals surface area contributed by atoms with Crippen LogP contribution in [0.1, 0.15) is 63.1 Å². The second-order valence-electron chi connectivity index (χ2n) is 9.58. The third-order valence-corrected chi connectivity index (χ3v) is 7.49. The topological polar surface area (TPSA) is 91.5 Å². The normalized spacial score (nSPS) is 17.8. The molecule has 202 valence electrons. The van der Waals surface area contributed by atoms with Crippen LogP contribution in [0.4, 0.5) is 13.2 Å². The number of amides is 2. The van der Waals surface area contributed by atoms with Gasteiger partial charge in [-0.3, -0.25) is 14.3 Å². The van der Waals surface area contributed by atoms with Crippen molar-refractivity contribution < 1.29 is 27.5 Å². The number of carbonyl (C=O) groups is 2. The molecule has 12 heteroatoms. The van der Waals surface area contributed by atoms with Crippen molar-refractivity contribution in [2.24, 2.45) is 0 Å². The molecule has 0 bridgehead atoms. The van der Waals surface area contributed by atoms with Crippen molar-refractivity contribution in [3.8, 4) is 11.8 Å². The lowest BCUT2D eigenvalue weighted by atomic mass is 9.97. The van der Waals surface area contributed by atoms with Gasteiger partial charge in [0.2, 0.25) is 0 Å². The average Bonchev–Trinajstić information content (AvgIpc) is 3.25. The fourth-order valence-electron chi connectivity index (χ4n) is 5.12. The molecule has 0 aliphatic carbocycles. The Balaban J connectivity index is 1.39. The van der Waals surface area contributed by atoms with Crippen LogP contribution in [0.5, 0.6) is 5.75 Å². The number of benzene rings is 2. The minimum Gasteiger partial charge on any atom is -0.406 e. The van der Waals surface area contributed by atoms with Gasteiger partial charge in [-0.1, -0.05) is 23.7 Å². The third-order valence-electron chi connectivity index (χ3n) is 7.16. The first-order valence-corrected chi connectivity index (χ1v) is 12.6. The summed E-state index contributed by atoms with van der Waals surface area (Å²) in [5.41, 5.74) is 3.01. The molecule has 0 fully saturated rings. The van der Waals surface area contributed by atoms with Crippen LogP contribution in [0, 0.1) is 11.3 Å². The number of aromatic nitrogens is 2. The highest BCUT2D eigenvalue weighted by Crippen LogP contribution is 2.33. The highest BCUT2D eigenvalue weighted by Gasteiger charge is 2.38. The molecule has 2 amide bonds. The summed E-state index contributed by atoms with van der Waals surface area (Å²) in [5.74, 6) is -0.883. The van der Waals surface area contributed by atoms with E-state index in [4.69, 9.17) is 11.6 Å². The maximum absolute atomic E-state index is 13.7. The van der Waals surface area contributed by atoms with Crippen LogP contribution in [0.25, 0.3) is 0 Å². The molecule has 2 aromatic carbocycles. The molecule has 5 rings (SSSR count). The summed E-state index contributed by atoms with van der Waals surface area (Å²) in [7, 11) is 0. The van der Waals surface area contributed by atoms with Crippen LogP contribution in [0.2, 0.25) is 5.02 Å². The lowest BCUT2D eigenvalue weighted by Crippen LogP contribution is -2.44. The van der Waals surface area contributed by atoms with Crippen molar-refractivity contribution in [1.29, 1.82) is 5.26 Å². The molecule has 3 heterocycles. The van der Waals surface area contributed by atoms with Gasteiger partial charge in [0.05, 0.1) is 35.4 Å². The fraction of sp³-hybridized carbons (Fsp3) is 0.333. The number of fused-ring (bicyclic) bond motifs is 3. The minimum atomic E-state index is -4.79. The molecule has 0 unspecified atom stereocenters. The van der Waals surface area contributed by atoms with Gasteiger partial charge in [-0.2, -0.15) is 10.4 Å². The zero-order chi connectivity index (χ0) is 28.1. The van der Waals surface area contributed by atoms with Crippen LogP contribution in [-0.2, 0) is 19.5 Å². The molecule has 0 radical (unpaired) electrons. The van der Waals surface area contributed by atoms with Crippen molar-refractivity contribution >= 4 is 23.4 Å². The van der Waals surface area contributed by atoms with E-state index in [2.05, 4.69) is 9.84 Å².